The number of hydrogen-bond donors (Lipinski definition) is 3. The van der Waals surface area contributed by atoms with Crippen LogP contribution in [0, 0.1) is 0 Å². The highest BCUT2D eigenvalue weighted by molar-refractivity contribution is 9.10. The fourth-order valence-corrected chi connectivity index (χ4v) is 1.57. The number of aliphatic hydroxyl groups is 1. The fourth-order valence-electron chi connectivity index (χ4n) is 1.22. The highest BCUT2D eigenvalue weighted by Gasteiger charge is 1.99. The highest BCUT2D eigenvalue weighted by Crippen LogP contribution is 2.19. The number of aromatic nitrogens is 1. The Balaban J connectivity index is 2.31. The summed E-state index contributed by atoms with van der Waals surface area (Å²) >= 11 is 3.30. The first-order chi connectivity index (χ1) is 7.24. The van der Waals surface area contributed by atoms with Gasteiger partial charge in [0, 0.05) is 23.8 Å². The second-order valence-electron chi connectivity index (χ2n) is 3.30. The standard InChI is InChI=1S/C10H16BrN3O/c11-8-6-9(12)10(14-7-8)13-4-2-1-3-5-15/h6-7,15H,1-5,12H2,(H,13,14). The summed E-state index contributed by atoms with van der Waals surface area (Å²) in [6, 6.07) is 1.82. The fraction of sp³-hybridized carbons (Fsp3) is 0.500. The van der Waals surface area contributed by atoms with Crippen LogP contribution in [0.15, 0.2) is 16.7 Å². The molecule has 0 amide bonds. The van der Waals surface area contributed by atoms with Crippen LogP contribution >= 0.6 is 15.9 Å². The molecule has 1 aromatic rings. The third-order valence-electron chi connectivity index (χ3n) is 2.01. The van der Waals surface area contributed by atoms with Crippen LogP contribution in [-0.2, 0) is 0 Å². The monoisotopic (exact) mass is 273 g/mol. The molecule has 4 N–H and O–H groups in total. The van der Waals surface area contributed by atoms with E-state index in [-0.39, 0.29) is 6.61 Å². The minimum atomic E-state index is 0.263. The van der Waals surface area contributed by atoms with E-state index in [1.54, 1.807) is 6.20 Å². The molecule has 1 heterocycles. The molecule has 5 heteroatoms. The van der Waals surface area contributed by atoms with E-state index < -0.39 is 0 Å². The van der Waals surface area contributed by atoms with Gasteiger partial charge in [-0.25, -0.2) is 4.98 Å². The van der Waals surface area contributed by atoms with Crippen LogP contribution in [0.1, 0.15) is 19.3 Å². The van der Waals surface area contributed by atoms with E-state index >= 15 is 0 Å². The summed E-state index contributed by atoms with van der Waals surface area (Å²) in [5.41, 5.74) is 6.41. The smallest absolute Gasteiger partial charge is 0.149 e. The highest BCUT2D eigenvalue weighted by atomic mass is 79.9. The van der Waals surface area contributed by atoms with Gasteiger partial charge < -0.3 is 16.2 Å². The third kappa shape index (κ3) is 4.48. The number of pyridine rings is 1. The van der Waals surface area contributed by atoms with Crippen molar-refractivity contribution in [2.45, 2.75) is 19.3 Å². The zero-order chi connectivity index (χ0) is 11.1. The van der Waals surface area contributed by atoms with Crippen LogP contribution in [-0.4, -0.2) is 23.2 Å². The molecule has 0 aliphatic heterocycles. The topological polar surface area (TPSA) is 71.2 Å². The molecule has 0 aromatic carbocycles. The quantitative estimate of drug-likeness (QED) is 0.694. The Labute approximate surface area is 98.0 Å². The van der Waals surface area contributed by atoms with Crippen molar-refractivity contribution in [3.8, 4) is 0 Å². The lowest BCUT2D eigenvalue weighted by atomic mass is 10.2. The molecule has 0 fully saturated rings. The van der Waals surface area contributed by atoms with Crippen molar-refractivity contribution in [2.75, 3.05) is 24.2 Å². The maximum Gasteiger partial charge on any atom is 0.149 e. The molecule has 15 heavy (non-hydrogen) atoms. The molecule has 1 rings (SSSR count). The molecule has 0 aliphatic carbocycles. The zero-order valence-corrected chi connectivity index (χ0v) is 10.1. The van der Waals surface area contributed by atoms with Gasteiger partial charge in [-0.1, -0.05) is 0 Å². The lowest BCUT2D eigenvalue weighted by Gasteiger charge is -2.07. The Bertz CT molecular complexity index is 307. The molecule has 4 nitrogen and oxygen atoms in total. The Morgan fingerprint density at radius 1 is 1.40 bits per heavy atom. The second kappa shape index (κ2) is 6.63. The Morgan fingerprint density at radius 2 is 2.20 bits per heavy atom. The van der Waals surface area contributed by atoms with Gasteiger partial charge in [0.1, 0.15) is 5.82 Å². The van der Waals surface area contributed by atoms with Gasteiger partial charge in [-0.05, 0) is 41.3 Å². The molecule has 0 spiro atoms. The van der Waals surface area contributed by atoms with Crippen LogP contribution in [0.25, 0.3) is 0 Å². The van der Waals surface area contributed by atoms with Crippen molar-refractivity contribution in [1.29, 1.82) is 0 Å². The number of anilines is 2. The molecule has 1 aromatic heterocycles. The summed E-state index contributed by atoms with van der Waals surface area (Å²) in [7, 11) is 0. The van der Waals surface area contributed by atoms with Crippen molar-refractivity contribution >= 4 is 27.4 Å². The maximum atomic E-state index is 8.60. The lowest BCUT2D eigenvalue weighted by molar-refractivity contribution is 0.283. The van der Waals surface area contributed by atoms with Crippen LogP contribution in [0.5, 0.6) is 0 Å². The Kier molecular flexibility index (Phi) is 5.42. The third-order valence-corrected chi connectivity index (χ3v) is 2.44. The van der Waals surface area contributed by atoms with Crippen LogP contribution in [0.3, 0.4) is 0 Å². The van der Waals surface area contributed by atoms with E-state index in [1.807, 2.05) is 6.07 Å². The van der Waals surface area contributed by atoms with E-state index in [9.17, 15) is 0 Å². The minimum absolute atomic E-state index is 0.263. The number of hydrogen-bond acceptors (Lipinski definition) is 4. The van der Waals surface area contributed by atoms with E-state index in [4.69, 9.17) is 10.8 Å². The predicted octanol–water partition coefficient (Wildman–Crippen LogP) is 2.00. The number of rotatable bonds is 6. The van der Waals surface area contributed by atoms with E-state index in [0.29, 0.717) is 5.69 Å². The molecule has 0 atom stereocenters. The molecule has 0 unspecified atom stereocenters. The van der Waals surface area contributed by atoms with E-state index in [2.05, 4.69) is 26.2 Å². The van der Waals surface area contributed by atoms with Crippen molar-refractivity contribution in [3.05, 3.63) is 16.7 Å². The number of nitrogens with one attached hydrogen (secondary N) is 1. The zero-order valence-electron chi connectivity index (χ0n) is 8.54. The summed E-state index contributed by atoms with van der Waals surface area (Å²) in [5, 5.41) is 11.8. The molecule has 0 radical (unpaired) electrons. The van der Waals surface area contributed by atoms with Crippen molar-refractivity contribution in [3.63, 3.8) is 0 Å². The number of nitrogens with zero attached hydrogens (tertiary/aromatic N) is 1. The van der Waals surface area contributed by atoms with Gasteiger partial charge in [0.25, 0.3) is 0 Å². The van der Waals surface area contributed by atoms with Crippen LogP contribution < -0.4 is 11.1 Å². The normalized spacial score (nSPS) is 10.3. The predicted molar refractivity (Wildman–Crippen MR) is 65.8 cm³/mol. The first-order valence-electron chi connectivity index (χ1n) is 5.00. The minimum Gasteiger partial charge on any atom is -0.396 e. The van der Waals surface area contributed by atoms with E-state index in [1.165, 1.54) is 0 Å². The first kappa shape index (κ1) is 12.3. The number of nitrogens with two attached hydrogens (primary N) is 1. The maximum absolute atomic E-state index is 8.60. The van der Waals surface area contributed by atoms with Gasteiger partial charge in [-0.3, -0.25) is 0 Å². The van der Waals surface area contributed by atoms with Gasteiger partial charge >= 0.3 is 0 Å². The number of aliphatic hydroxyl groups excluding tert-OH is 1. The van der Waals surface area contributed by atoms with Gasteiger partial charge in [0.2, 0.25) is 0 Å². The Morgan fingerprint density at radius 3 is 2.87 bits per heavy atom. The van der Waals surface area contributed by atoms with Gasteiger partial charge in [-0.15, -0.1) is 0 Å². The average molecular weight is 274 g/mol. The van der Waals surface area contributed by atoms with Crippen LogP contribution in [0.2, 0.25) is 0 Å². The van der Waals surface area contributed by atoms with Gasteiger partial charge in [0.05, 0.1) is 5.69 Å². The molecular weight excluding hydrogens is 258 g/mol. The number of unbranched alkanes of at least 4 members (excludes halogenated alkanes) is 2. The van der Waals surface area contributed by atoms with Gasteiger partial charge in [0.15, 0.2) is 0 Å². The largest absolute Gasteiger partial charge is 0.396 e. The summed E-state index contributed by atoms with van der Waals surface area (Å²) in [5.74, 6) is 0.724. The first-order valence-corrected chi connectivity index (χ1v) is 5.79. The number of nitrogen functional groups attached to an aromatic ring is 1. The molecule has 0 saturated heterocycles. The van der Waals surface area contributed by atoms with Crippen molar-refractivity contribution < 1.29 is 5.11 Å². The van der Waals surface area contributed by atoms with Crippen molar-refractivity contribution in [1.82, 2.24) is 4.98 Å². The number of halogens is 1. The van der Waals surface area contributed by atoms with Crippen LogP contribution in [0.4, 0.5) is 11.5 Å². The Hall–Kier alpha value is -0.810. The molecular formula is C10H16BrN3O. The summed E-state index contributed by atoms with van der Waals surface area (Å²) in [6.07, 6.45) is 4.59. The van der Waals surface area contributed by atoms with Crippen molar-refractivity contribution in [2.24, 2.45) is 0 Å². The summed E-state index contributed by atoms with van der Waals surface area (Å²) < 4.78 is 0.880. The summed E-state index contributed by atoms with van der Waals surface area (Å²) in [6.45, 7) is 1.09. The molecule has 0 bridgehead atoms. The molecule has 0 aliphatic rings. The SMILES string of the molecule is Nc1cc(Br)cnc1NCCCCCO. The summed E-state index contributed by atoms with van der Waals surface area (Å²) in [4.78, 5) is 4.16. The lowest BCUT2D eigenvalue weighted by Crippen LogP contribution is -2.06. The van der Waals surface area contributed by atoms with Gasteiger partial charge in [-0.2, -0.15) is 0 Å². The van der Waals surface area contributed by atoms with E-state index in [0.717, 1.165) is 36.1 Å². The molecule has 84 valence electrons. The molecule has 0 saturated carbocycles. The average Bonchev–Trinajstić information content (AvgIpc) is 2.20. The second-order valence-corrected chi connectivity index (χ2v) is 4.22.